The van der Waals surface area contributed by atoms with Gasteiger partial charge in [-0.15, -0.1) is 0 Å². The van der Waals surface area contributed by atoms with Gasteiger partial charge in [0.2, 0.25) is 0 Å². The van der Waals surface area contributed by atoms with Crippen LogP contribution < -0.4 is 4.90 Å². The van der Waals surface area contributed by atoms with Gasteiger partial charge in [-0.05, 0) is 136 Å². The van der Waals surface area contributed by atoms with Gasteiger partial charge in [-0.3, -0.25) is 0 Å². The normalized spacial score (nSPS) is 11.3. The molecule has 11 aromatic carbocycles. The summed E-state index contributed by atoms with van der Waals surface area (Å²) in [4.78, 5) is 2.38. The topological polar surface area (TPSA) is 3.24 Å². The van der Waals surface area contributed by atoms with E-state index in [2.05, 4.69) is 254 Å². The molecule has 0 saturated heterocycles. The second-order valence-corrected chi connectivity index (χ2v) is 15.7. The molecule has 0 saturated carbocycles. The predicted octanol–water partition coefficient (Wildman–Crippen LogP) is 17.0. The quantitative estimate of drug-likeness (QED) is 0.149. The highest BCUT2D eigenvalue weighted by Gasteiger charge is 2.17. The monoisotopic (exact) mass is 775 g/mol. The van der Waals surface area contributed by atoms with Crippen molar-refractivity contribution >= 4 is 49.4 Å². The van der Waals surface area contributed by atoms with Gasteiger partial charge in [-0.1, -0.05) is 200 Å². The molecule has 0 unspecified atom stereocenters. The van der Waals surface area contributed by atoms with Crippen LogP contribution in [0.25, 0.3) is 88.0 Å². The predicted molar refractivity (Wildman–Crippen MR) is 261 cm³/mol. The van der Waals surface area contributed by atoms with Crippen molar-refractivity contribution in [1.82, 2.24) is 0 Å². The number of benzene rings is 11. The first kappa shape index (κ1) is 36.1. The Kier molecular flexibility index (Phi) is 9.26. The van der Waals surface area contributed by atoms with E-state index in [1.165, 1.54) is 88.0 Å². The lowest BCUT2D eigenvalue weighted by molar-refractivity contribution is 1.29. The molecule has 1 nitrogen and oxygen atoms in total. The summed E-state index contributed by atoms with van der Waals surface area (Å²) in [5.74, 6) is 0. The summed E-state index contributed by atoms with van der Waals surface area (Å²) >= 11 is 0. The average Bonchev–Trinajstić information content (AvgIpc) is 3.34. The van der Waals surface area contributed by atoms with Crippen LogP contribution in [0, 0.1) is 0 Å². The van der Waals surface area contributed by atoms with E-state index < -0.39 is 0 Å². The Labute approximate surface area is 357 Å². The van der Waals surface area contributed by atoms with Crippen LogP contribution in [0.2, 0.25) is 0 Å². The van der Waals surface area contributed by atoms with Crippen molar-refractivity contribution in [3.05, 3.63) is 249 Å². The van der Waals surface area contributed by atoms with Crippen molar-refractivity contribution in [3.8, 4) is 55.6 Å². The van der Waals surface area contributed by atoms with Gasteiger partial charge < -0.3 is 4.90 Å². The molecule has 0 bridgehead atoms. The minimum atomic E-state index is 1.09. The van der Waals surface area contributed by atoms with E-state index in [0.29, 0.717) is 0 Å². The fourth-order valence-electron chi connectivity index (χ4n) is 8.97. The molecule has 0 aliphatic rings. The number of nitrogens with zero attached hydrogens (tertiary/aromatic N) is 1. The maximum absolute atomic E-state index is 2.38. The molecule has 1 heteroatoms. The van der Waals surface area contributed by atoms with Crippen LogP contribution in [0.15, 0.2) is 249 Å². The highest BCUT2D eigenvalue weighted by Crippen LogP contribution is 2.43. The van der Waals surface area contributed by atoms with E-state index in [9.17, 15) is 0 Å². The Morgan fingerprint density at radius 2 is 0.623 bits per heavy atom. The second kappa shape index (κ2) is 15.6. The maximum Gasteiger partial charge on any atom is 0.0468 e. The molecule has 0 aromatic heterocycles. The van der Waals surface area contributed by atoms with Gasteiger partial charge in [0.25, 0.3) is 0 Å². The summed E-state index contributed by atoms with van der Waals surface area (Å²) in [5.41, 5.74) is 15.4. The third-order valence-corrected chi connectivity index (χ3v) is 12.0. The van der Waals surface area contributed by atoms with E-state index in [1.807, 2.05) is 0 Å². The van der Waals surface area contributed by atoms with Crippen LogP contribution in [-0.2, 0) is 0 Å². The van der Waals surface area contributed by atoms with Gasteiger partial charge >= 0.3 is 0 Å². The van der Waals surface area contributed by atoms with Crippen molar-refractivity contribution in [2.75, 3.05) is 4.90 Å². The van der Waals surface area contributed by atoms with E-state index in [0.717, 1.165) is 17.1 Å². The van der Waals surface area contributed by atoms with Crippen LogP contribution in [0.3, 0.4) is 0 Å². The lowest BCUT2D eigenvalue weighted by Gasteiger charge is -2.26. The fraction of sp³-hybridized carbons (Fsp3) is 0. The first-order valence-corrected chi connectivity index (χ1v) is 21.0. The Hall–Kier alpha value is -8.00. The molecule has 286 valence electrons. The van der Waals surface area contributed by atoms with E-state index >= 15 is 0 Å². The largest absolute Gasteiger partial charge is 0.310 e. The van der Waals surface area contributed by atoms with Crippen molar-refractivity contribution < 1.29 is 0 Å². The Morgan fingerprint density at radius 3 is 1.28 bits per heavy atom. The van der Waals surface area contributed by atoms with Gasteiger partial charge in [0, 0.05) is 17.1 Å². The van der Waals surface area contributed by atoms with Gasteiger partial charge in [0.1, 0.15) is 0 Å². The highest BCUT2D eigenvalue weighted by atomic mass is 15.1. The van der Waals surface area contributed by atoms with Crippen LogP contribution in [0.1, 0.15) is 0 Å². The van der Waals surface area contributed by atoms with Gasteiger partial charge in [-0.25, -0.2) is 0 Å². The van der Waals surface area contributed by atoms with Crippen LogP contribution in [0.4, 0.5) is 17.1 Å². The lowest BCUT2D eigenvalue weighted by Crippen LogP contribution is -2.09. The molecule has 0 heterocycles. The molecular formula is C60H41N. The first-order valence-electron chi connectivity index (χ1n) is 21.0. The molecule has 11 rings (SSSR count). The molecule has 0 aliphatic heterocycles. The van der Waals surface area contributed by atoms with Gasteiger partial charge in [-0.2, -0.15) is 0 Å². The smallest absolute Gasteiger partial charge is 0.0468 e. The van der Waals surface area contributed by atoms with Gasteiger partial charge in [0.15, 0.2) is 0 Å². The van der Waals surface area contributed by atoms with Gasteiger partial charge in [0.05, 0.1) is 0 Å². The van der Waals surface area contributed by atoms with Crippen molar-refractivity contribution in [2.45, 2.75) is 0 Å². The molecular weight excluding hydrogens is 735 g/mol. The summed E-state index contributed by atoms with van der Waals surface area (Å²) in [6.07, 6.45) is 0. The Morgan fingerprint density at radius 1 is 0.213 bits per heavy atom. The van der Waals surface area contributed by atoms with E-state index in [-0.39, 0.29) is 0 Å². The standard InChI is InChI=1S/C60H41N/c1-4-13-42(14-5-1)44-27-32-53(33-28-44)61(55-36-31-51-40-50(25-26-52(51)41-55)49-24-23-43-15-10-11-20-48(43)39-49)54-34-29-47(30-35-54)58-38-37-56(45-16-6-2-7-17-45)59-22-12-21-57(60(58)59)46-18-8-3-9-19-46/h1-41H. The van der Waals surface area contributed by atoms with Crippen molar-refractivity contribution in [2.24, 2.45) is 0 Å². The molecule has 11 aromatic rings. The number of hydrogen-bond acceptors (Lipinski definition) is 1. The summed E-state index contributed by atoms with van der Waals surface area (Å²) in [5, 5.41) is 7.42. The molecule has 0 spiro atoms. The first-order chi connectivity index (χ1) is 30.2. The zero-order valence-corrected chi connectivity index (χ0v) is 33.6. The number of rotatable bonds is 8. The third kappa shape index (κ3) is 6.93. The van der Waals surface area contributed by atoms with Crippen LogP contribution >= 0.6 is 0 Å². The molecule has 0 amide bonds. The maximum atomic E-state index is 2.38. The Balaban J connectivity index is 1.02. The zero-order chi connectivity index (χ0) is 40.5. The fourth-order valence-corrected chi connectivity index (χ4v) is 8.97. The van der Waals surface area contributed by atoms with Crippen LogP contribution in [0.5, 0.6) is 0 Å². The molecule has 0 aliphatic carbocycles. The lowest BCUT2D eigenvalue weighted by atomic mass is 9.87. The van der Waals surface area contributed by atoms with Crippen molar-refractivity contribution in [3.63, 3.8) is 0 Å². The van der Waals surface area contributed by atoms with E-state index in [4.69, 9.17) is 0 Å². The van der Waals surface area contributed by atoms with Crippen LogP contribution in [-0.4, -0.2) is 0 Å². The van der Waals surface area contributed by atoms with E-state index in [1.54, 1.807) is 0 Å². The van der Waals surface area contributed by atoms with Crippen molar-refractivity contribution in [1.29, 1.82) is 0 Å². The second-order valence-electron chi connectivity index (χ2n) is 15.7. The minimum absolute atomic E-state index is 1.09. The number of fused-ring (bicyclic) bond motifs is 3. The summed E-state index contributed by atoms with van der Waals surface area (Å²) in [6, 6.07) is 90.4. The SMILES string of the molecule is c1ccc(-c2ccc(N(c3ccc(-c4ccc(-c5ccccc5)c5cccc(-c6ccccc6)c45)cc3)c3ccc4cc(-c5ccc6ccccc6c5)ccc4c3)cc2)cc1. The summed E-state index contributed by atoms with van der Waals surface area (Å²) in [6.45, 7) is 0. The molecule has 0 fully saturated rings. The summed E-state index contributed by atoms with van der Waals surface area (Å²) in [7, 11) is 0. The number of anilines is 3. The number of hydrogen-bond donors (Lipinski definition) is 0. The zero-order valence-electron chi connectivity index (χ0n) is 33.6. The molecule has 0 atom stereocenters. The summed E-state index contributed by atoms with van der Waals surface area (Å²) < 4.78 is 0. The minimum Gasteiger partial charge on any atom is -0.310 e. The highest BCUT2D eigenvalue weighted by molar-refractivity contribution is 6.12. The third-order valence-electron chi connectivity index (χ3n) is 12.0. The molecule has 61 heavy (non-hydrogen) atoms. The Bertz CT molecular complexity index is 3320. The average molecular weight is 776 g/mol. The molecule has 0 radical (unpaired) electrons. The molecule has 0 N–H and O–H groups in total.